The minimum Gasteiger partial charge on any atom is -1.00 e. The minimum atomic E-state index is -2.07. The Morgan fingerprint density at radius 3 is 1.62 bits per heavy atom. The van der Waals surface area contributed by atoms with Crippen LogP contribution in [0.2, 0.25) is 12.1 Å². The largest absolute Gasteiger partial charge is 1.00 e. The molecular weight excluding hydrogens is 583 g/mol. The smallest absolute Gasteiger partial charge is 1.00 e. The van der Waals surface area contributed by atoms with E-state index in [-0.39, 0.29) is 35.6 Å². The molecule has 1 aliphatic carbocycles. The molecule has 0 fully saturated rings. The summed E-state index contributed by atoms with van der Waals surface area (Å²) in [4.78, 5) is 0. The molecule has 0 saturated carbocycles. The van der Waals surface area contributed by atoms with Crippen molar-refractivity contribution in [3.8, 4) is 16.9 Å². The van der Waals surface area contributed by atoms with E-state index in [1.807, 2.05) is 0 Å². The zero-order chi connectivity index (χ0) is 27.2. The van der Waals surface area contributed by atoms with Crippen LogP contribution in [-0.4, -0.2) is 6.19 Å². The molecule has 0 N–H and O–H groups in total. The van der Waals surface area contributed by atoms with Crippen LogP contribution in [0.3, 0.4) is 0 Å². The van der Waals surface area contributed by atoms with Crippen molar-refractivity contribution in [1.29, 1.82) is 0 Å². The van der Waals surface area contributed by atoms with Crippen LogP contribution in [0.15, 0.2) is 78.9 Å². The van der Waals surface area contributed by atoms with Crippen molar-refractivity contribution in [1.82, 2.24) is 0 Å². The summed E-state index contributed by atoms with van der Waals surface area (Å²) in [7, 11) is 0. The van der Waals surface area contributed by atoms with Crippen LogP contribution in [0.1, 0.15) is 81.9 Å². The predicted octanol–water partition coefficient (Wildman–Crippen LogP) is 4.16. The van der Waals surface area contributed by atoms with Crippen molar-refractivity contribution in [3.05, 3.63) is 101 Å². The van der Waals surface area contributed by atoms with Gasteiger partial charge in [-0.15, -0.1) is 0 Å². The third-order valence-corrected chi connectivity index (χ3v) is 21.3. The molecule has 0 amide bonds. The summed E-state index contributed by atoms with van der Waals surface area (Å²) in [5, 5.41) is 2.54. The topological polar surface area (TPSA) is 9.23 Å². The maximum atomic E-state index is 7.27. The van der Waals surface area contributed by atoms with Gasteiger partial charge in [-0.1, -0.05) is 0 Å². The molecule has 0 radical (unpaired) electrons. The van der Waals surface area contributed by atoms with Gasteiger partial charge in [0.2, 0.25) is 0 Å². The molecule has 40 heavy (non-hydrogen) atoms. The van der Waals surface area contributed by atoms with E-state index in [0.717, 1.165) is 5.75 Å². The predicted molar refractivity (Wildman–Crippen MR) is 162 cm³/mol. The van der Waals surface area contributed by atoms with Crippen LogP contribution in [0.5, 0.6) is 5.75 Å². The molecule has 0 unspecified atom stereocenters. The Morgan fingerprint density at radius 1 is 0.650 bits per heavy atom. The number of hydrogen-bond donors (Lipinski definition) is 0. The molecule has 0 aromatic heterocycles. The van der Waals surface area contributed by atoms with Gasteiger partial charge in [-0.2, -0.15) is 0 Å². The quantitative estimate of drug-likeness (QED) is 0.303. The Balaban J connectivity index is 0.00000220. The van der Waals surface area contributed by atoms with Gasteiger partial charge < -0.3 is 24.8 Å². The van der Waals surface area contributed by atoms with E-state index in [1.165, 1.54) is 56.2 Å². The van der Waals surface area contributed by atoms with Gasteiger partial charge in [0.15, 0.2) is 0 Å². The van der Waals surface area contributed by atoms with Gasteiger partial charge in [0.25, 0.3) is 0 Å². The number of benzene rings is 4. The summed E-state index contributed by atoms with van der Waals surface area (Å²) in [6.07, 6.45) is -0.610. The minimum absolute atomic E-state index is 0. The summed E-state index contributed by atoms with van der Waals surface area (Å²) >= 11 is -2.07. The summed E-state index contributed by atoms with van der Waals surface area (Å²) < 4.78 is 7.69. The summed E-state index contributed by atoms with van der Waals surface area (Å²) in [6.45, 7) is 18.7. The first-order valence-corrected chi connectivity index (χ1v) is 20.0. The average molecular weight is 626 g/mol. The van der Waals surface area contributed by atoms with Gasteiger partial charge in [-0.05, 0) is 0 Å². The molecule has 0 spiro atoms. The first-order valence-electron chi connectivity index (χ1n) is 14.2. The first kappa shape index (κ1) is 33.0. The Morgan fingerprint density at radius 2 is 1.15 bits per heavy atom. The van der Waals surface area contributed by atoms with Crippen LogP contribution < -0.4 is 28.1 Å². The second-order valence-electron chi connectivity index (χ2n) is 12.8. The van der Waals surface area contributed by atoms with Crippen LogP contribution in [0.25, 0.3) is 21.9 Å². The normalized spacial score (nSPS) is 12.5. The Bertz CT molecular complexity index is 1480. The van der Waals surface area contributed by atoms with Gasteiger partial charge in [0.1, 0.15) is 0 Å². The molecule has 4 aromatic carbocycles. The third kappa shape index (κ3) is 6.42. The molecular formula is C35H42Cl2OSiTi. The van der Waals surface area contributed by atoms with Gasteiger partial charge in [-0.25, -0.2) is 0 Å². The Labute approximate surface area is 261 Å². The molecule has 5 rings (SSSR count). The molecule has 0 atom stereocenters. The monoisotopic (exact) mass is 624 g/mol. The number of fused-ring (bicyclic) bond motifs is 4. The second-order valence-corrected chi connectivity index (χ2v) is 23.1. The zero-order valence-electron chi connectivity index (χ0n) is 25.2. The van der Waals surface area contributed by atoms with Crippen molar-refractivity contribution in [2.75, 3.05) is 0 Å². The fourth-order valence-corrected chi connectivity index (χ4v) is 17.6. The number of rotatable bonds is 5. The van der Waals surface area contributed by atoms with Crippen molar-refractivity contribution < 1.29 is 45.1 Å². The van der Waals surface area contributed by atoms with Crippen molar-refractivity contribution in [3.63, 3.8) is 0 Å². The van der Waals surface area contributed by atoms with E-state index in [9.17, 15) is 0 Å². The number of halogens is 2. The van der Waals surface area contributed by atoms with Crippen molar-refractivity contribution in [2.45, 2.75) is 82.5 Å². The van der Waals surface area contributed by atoms with Gasteiger partial charge in [0.05, 0.1) is 0 Å². The van der Waals surface area contributed by atoms with Gasteiger partial charge in [-0.3, -0.25) is 0 Å². The van der Waals surface area contributed by atoms with E-state index < -0.39 is 23.2 Å². The standard InChI is InChI=1S/C21H25.C10H8O.C4H10Si.2ClH.Ti/c1-20(2,3)16-9-7-14-11-15-8-10-17(21(4,5)6)13-19(15)18(14)12-16;11-10-6-5-8-3-1-2-4-9(8)7-10;1-3-5-4-2;;;/h7-13H,1-6H3;1-7,11H;3-4H2,1-2H3;2*1H;/q;;;;;+3/p-3. The molecule has 0 bridgehead atoms. The molecule has 1 aliphatic rings. The third-order valence-electron chi connectivity index (χ3n) is 8.16. The number of hydrogen-bond acceptors (Lipinski definition) is 1. The summed E-state index contributed by atoms with van der Waals surface area (Å²) in [5.74, 6) is 1.07. The maximum Gasteiger partial charge on any atom is -1.00 e. The first-order chi connectivity index (χ1) is 18.0. The maximum absolute atomic E-state index is 7.27. The Hall–Kier alpha value is -1.55. The molecule has 210 valence electrons. The second kappa shape index (κ2) is 12.8. The zero-order valence-corrected chi connectivity index (χ0v) is 29.2. The summed E-state index contributed by atoms with van der Waals surface area (Å²) in [5.41, 5.74) is 9.00. The molecule has 4 aromatic rings. The summed E-state index contributed by atoms with van der Waals surface area (Å²) in [6, 6.07) is 32.6. The van der Waals surface area contributed by atoms with Gasteiger partial charge >= 0.3 is 238 Å². The fourth-order valence-electron chi connectivity index (χ4n) is 5.76. The van der Waals surface area contributed by atoms with Crippen LogP contribution in [0, 0.1) is 0 Å². The van der Waals surface area contributed by atoms with E-state index in [4.69, 9.17) is 3.32 Å². The SMILES string of the molecule is CC[Si](CC)=[Ti+2]([O]c1ccc2ccccc2c1)[CH]1c2ccc(C(C)(C)C)cc2-c2cc(C(C)(C)C)ccc21.[Cl-].[Cl-]. The van der Waals surface area contributed by atoms with E-state index in [1.54, 1.807) is 0 Å². The average Bonchev–Trinajstić information content (AvgIpc) is 3.20. The Kier molecular flexibility index (Phi) is 10.5. The molecule has 0 aliphatic heterocycles. The van der Waals surface area contributed by atoms with E-state index in [0.29, 0.717) is 4.22 Å². The molecule has 0 heterocycles. The van der Waals surface area contributed by atoms with Crippen LogP contribution >= 0.6 is 0 Å². The van der Waals surface area contributed by atoms with Crippen LogP contribution in [-0.2, 0) is 27.8 Å². The van der Waals surface area contributed by atoms with E-state index >= 15 is 0 Å². The molecule has 0 saturated heterocycles. The van der Waals surface area contributed by atoms with Crippen LogP contribution in [0.4, 0.5) is 0 Å². The van der Waals surface area contributed by atoms with Gasteiger partial charge in [0, 0.05) is 0 Å². The van der Waals surface area contributed by atoms with Crippen molar-refractivity contribution >= 4 is 17.0 Å². The fraction of sp³-hybridized carbons (Fsp3) is 0.371. The van der Waals surface area contributed by atoms with E-state index in [2.05, 4.69) is 134 Å². The van der Waals surface area contributed by atoms with Crippen molar-refractivity contribution in [2.24, 2.45) is 0 Å². The molecule has 1 nitrogen and oxygen atoms in total. The molecule has 5 heteroatoms.